The zero-order valence-electron chi connectivity index (χ0n) is 8.80. The molecule has 6 nitrogen and oxygen atoms in total. The summed E-state index contributed by atoms with van der Waals surface area (Å²) in [5.41, 5.74) is 0. The van der Waals surface area contributed by atoms with Gasteiger partial charge in [-0.25, -0.2) is 4.79 Å². The predicted octanol–water partition coefficient (Wildman–Crippen LogP) is 0.909. The third kappa shape index (κ3) is 7.81. The lowest BCUT2D eigenvalue weighted by molar-refractivity contribution is -0.137. The van der Waals surface area contributed by atoms with E-state index in [-0.39, 0.29) is 6.42 Å². The average Bonchev–Trinajstić information content (AvgIpc) is 2.16. The number of carbonyl (C=O) groups is 2. The van der Waals surface area contributed by atoms with E-state index in [2.05, 4.69) is 0 Å². The van der Waals surface area contributed by atoms with Crippen LogP contribution in [0.5, 0.6) is 0 Å². The quantitative estimate of drug-likeness (QED) is 0.281. The minimum atomic E-state index is -1.48. The smallest absolute Gasteiger partial charge is 0.370 e. The van der Waals surface area contributed by atoms with Gasteiger partial charge in [0.1, 0.15) is 0 Å². The fraction of sp³-hybridized carbons (Fsp3) is 0.600. The zero-order valence-corrected chi connectivity index (χ0v) is 8.80. The first-order valence-corrected chi connectivity index (χ1v) is 4.97. The van der Waals surface area contributed by atoms with Crippen LogP contribution in [0.25, 0.3) is 0 Å². The Hall–Kier alpha value is -1.56. The summed E-state index contributed by atoms with van der Waals surface area (Å²) in [6.45, 7) is 0. The molecule has 0 aliphatic heterocycles. The Balaban J connectivity index is 3.66. The molecule has 0 heterocycles. The predicted molar refractivity (Wildman–Crippen MR) is 55.1 cm³/mol. The van der Waals surface area contributed by atoms with Crippen molar-refractivity contribution in [1.82, 2.24) is 0 Å². The van der Waals surface area contributed by atoms with Gasteiger partial charge in [-0.3, -0.25) is 4.79 Å². The van der Waals surface area contributed by atoms with E-state index < -0.39 is 23.8 Å². The largest absolute Gasteiger partial charge is 0.502 e. The summed E-state index contributed by atoms with van der Waals surface area (Å²) in [5.74, 6) is -3.22. The molecule has 1 atom stereocenters. The number of aliphatic hydroxyl groups is 2. The Kier molecular flexibility index (Phi) is 6.95. The van der Waals surface area contributed by atoms with Crippen LogP contribution < -0.4 is 0 Å². The molecule has 0 aliphatic rings. The van der Waals surface area contributed by atoms with Crippen molar-refractivity contribution in [2.75, 3.05) is 0 Å². The molecule has 92 valence electrons. The summed E-state index contributed by atoms with van der Waals surface area (Å²) < 4.78 is 0. The Labute approximate surface area is 92.8 Å². The van der Waals surface area contributed by atoms with Crippen LogP contribution in [0.3, 0.4) is 0 Å². The molecule has 0 saturated carbocycles. The van der Waals surface area contributed by atoms with Gasteiger partial charge in [-0.1, -0.05) is 12.8 Å². The molecule has 1 unspecified atom stereocenters. The van der Waals surface area contributed by atoms with E-state index in [0.717, 1.165) is 6.08 Å². The monoisotopic (exact) mass is 232 g/mol. The maximum Gasteiger partial charge on any atom is 0.370 e. The summed E-state index contributed by atoms with van der Waals surface area (Å²) in [6.07, 6.45) is 1.99. The second-order valence-corrected chi connectivity index (χ2v) is 3.42. The van der Waals surface area contributed by atoms with E-state index in [4.69, 9.17) is 15.3 Å². The first-order valence-electron chi connectivity index (χ1n) is 4.97. The van der Waals surface area contributed by atoms with Crippen molar-refractivity contribution in [3.8, 4) is 0 Å². The number of carboxylic acids is 2. The maximum absolute atomic E-state index is 10.2. The molecule has 0 spiro atoms. The molecule has 0 saturated heterocycles. The number of rotatable bonds is 8. The van der Waals surface area contributed by atoms with Crippen LogP contribution in [0.1, 0.15) is 32.1 Å². The summed E-state index contributed by atoms with van der Waals surface area (Å²) in [5, 5.41) is 34.7. The number of unbranched alkanes of at least 4 members (excludes halogenated alkanes) is 2. The number of carboxylic acid groups (broad SMARTS) is 2. The Morgan fingerprint density at radius 3 is 2.19 bits per heavy atom. The molecule has 0 amide bonds. The molecule has 4 N–H and O–H groups in total. The van der Waals surface area contributed by atoms with Gasteiger partial charge in [0.25, 0.3) is 0 Å². The summed E-state index contributed by atoms with van der Waals surface area (Å²) in [4.78, 5) is 20.4. The topological polar surface area (TPSA) is 115 Å². The molecule has 0 aromatic rings. The molecule has 6 heteroatoms. The van der Waals surface area contributed by atoms with Gasteiger partial charge in [-0.15, -0.1) is 0 Å². The van der Waals surface area contributed by atoms with Gasteiger partial charge in [0.2, 0.25) is 0 Å². The molecule has 0 aromatic heterocycles. The van der Waals surface area contributed by atoms with E-state index in [1.807, 2.05) is 0 Å². The van der Waals surface area contributed by atoms with Gasteiger partial charge in [0, 0.05) is 6.42 Å². The Bertz CT molecular complexity index is 270. The lowest BCUT2D eigenvalue weighted by atomic mass is 10.1. The average molecular weight is 232 g/mol. The molecule has 0 aliphatic carbocycles. The van der Waals surface area contributed by atoms with Crippen LogP contribution in [-0.4, -0.2) is 38.5 Å². The third-order valence-corrected chi connectivity index (χ3v) is 1.96. The lowest BCUT2D eigenvalue weighted by Crippen LogP contribution is -2.08. The van der Waals surface area contributed by atoms with Gasteiger partial charge in [-0.2, -0.15) is 0 Å². The third-order valence-electron chi connectivity index (χ3n) is 1.96. The first-order chi connectivity index (χ1) is 7.43. The van der Waals surface area contributed by atoms with Crippen molar-refractivity contribution in [1.29, 1.82) is 0 Å². The Morgan fingerprint density at radius 1 is 1.06 bits per heavy atom. The molecule has 0 rings (SSSR count). The number of aliphatic hydroxyl groups excluding tert-OH is 2. The van der Waals surface area contributed by atoms with Crippen molar-refractivity contribution in [3.63, 3.8) is 0 Å². The maximum atomic E-state index is 10.2. The van der Waals surface area contributed by atoms with Crippen LogP contribution in [0, 0.1) is 0 Å². The van der Waals surface area contributed by atoms with Crippen molar-refractivity contribution >= 4 is 11.9 Å². The molecule has 0 bridgehead atoms. The minimum absolute atomic E-state index is 0.0896. The standard InChI is InChI=1S/C10H16O6/c11-7(6-8(12)10(15)16)4-2-1-3-5-9(13)14/h6-7,11-12H,1-5H2,(H,13,14)(H,15,16)/b8-6+. The van der Waals surface area contributed by atoms with Crippen LogP contribution in [0.2, 0.25) is 0 Å². The van der Waals surface area contributed by atoms with Crippen LogP contribution in [0.15, 0.2) is 11.8 Å². The molecular weight excluding hydrogens is 216 g/mol. The van der Waals surface area contributed by atoms with E-state index in [1.54, 1.807) is 0 Å². The van der Waals surface area contributed by atoms with Gasteiger partial charge < -0.3 is 20.4 Å². The Morgan fingerprint density at radius 2 is 1.69 bits per heavy atom. The van der Waals surface area contributed by atoms with E-state index in [1.165, 1.54) is 0 Å². The highest BCUT2D eigenvalue weighted by Gasteiger charge is 2.08. The van der Waals surface area contributed by atoms with Gasteiger partial charge in [-0.05, 0) is 18.9 Å². The van der Waals surface area contributed by atoms with E-state index in [9.17, 15) is 14.7 Å². The van der Waals surface area contributed by atoms with E-state index >= 15 is 0 Å². The summed E-state index contributed by atoms with van der Waals surface area (Å²) in [6, 6.07) is 0. The van der Waals surface area contributed by atoms with Crippen molar-refractivity contribution in [2.24, 2.45) is 0 Å². The van der Waals surface area contributed by atoms with Gasteiger partial charge in [0.15, 0.2) is 5.76 Å². The minimum Gasteiger partial charge on any atom is -0.502 e. The van der Waals surface area contributed by atoms with Crippen molar-refractivity contribution in [2.45, 2.75) is 38.2 Å². The number of aliphatic carboxylic acids is 2. The normalized spacial score (nSPS) is 13.4. The molecule has 16 heavy (non-hydrogen) atoms. The first kappa shape index (κ1) is 14.4. The van der Waals surface area contributed by atoms with Crippen molar-refractivity contribution in [3.05, 3.63) is 11.8 Å². The van der Waals surface area contributed by atoms with Crippen molar-refractivity contribution < 1.29 is 30.0 Å². The van der Waals surface area contributed by atoms with Gasteiger partial charge >= 0.3 is 11.9 Å². The number of hydrogen-bond donors (Lipinski definition) is 4. The van der Waals surface area contributed by atoms with Crippen LogP contribution in [-0.2, 0) is 9.59 Å². The SMILES string of the molecule is O=C(O)CCCCCC(O)/C=C(/O)C(=O)O. The fourth-order valence-corrected chi connectivity index (χ4v) is 1.14. The zero-order chi connectivity index (χ0) is 12.6. The lowest BCUT2D eigenvalue weighted by Gasteiger charge is -2.05. The highest BCUT2D eigenvalue weighted by Crippen LogP contribution is 2.07. The second-order valence-electron chi connectivity index (χ2n) is 3.42. The number of hydrogen-bond acceptors (Lipinski definition) is 4. The fourth-order valence-electron chi connectivity index (χ4n) is 1.14. The molecule has 0 radical (unpaired) electrons. The van der Waals surface area contributed by atoms with Crippen LogP contribution in [0.4, 0.5) is 0 Å². The van der Waals surface area contributed by atoms with E-state index in [0.29, 0.717) is 25.7 Å². The summed E-state index contributed by atoms with van der Waals surface area (Å²) in [7, 11) is 0. The molecule has 0 fully saturated rings. The molecular formula is C10H16O6. The molecule has 0 aromatic carbocycles. The highest BCUT2D eigenvalue weighted by atomic mass is 16.4. The van der Waals surface area contributed by atoms with Gasteiger partial charge in [0.05, 0.1) is 6.10 Å². The highest BCUT2D eigenvalue weighted by molar-refractivity contribution is 5.83. The second kappa shape index (κ2) is 7.70. The summed E-state index contributed by atoms with van der Waals surface area (Å²) >= 11 is 0. The van der Waals surface area contributed by atoms with Crippen LogP contribution >= 0.6 is 0 Å².